The minimum atomic E-state index is -0.538. The number of benzene rings is 1. The molecule has 0 saturated carbocycles. The number of hydrogen-bond acceptors (Lipinski definition) is 5. The fourth-order valence-electron chi connectivity index (χ4n) is 2.17. The average Bonchev–Trinajstić information content (AvgIpc) is 3.21. The summed E-state index contributed by atoms with van der Waals surface area (Å²) < 4.78 is 1.39. The molecule has 1 N–H and O–H groups in total. The van der Waals surface area contributed by atoms with E-state index in [0.29, 0.717) is 18.3 Å². The van der Waals surface area contributed by atoms with Gasteiger partial charge in [-0.15, -0.1) is 16.4 Å². The molecular weight excluding hydrogens is 320 g/mol. The second-order valence-corrected chi connectivity index (χ2v) is 7.49. The fourth-order valence-corrected chi connectivity index (χ4v) is 2.83. The van der Waals surface area contributed by atoms with E-state index in [0.717, 1.165) is 10.4 Å². The molecule has 2 aromatic heterocycles. The van der Waals surface area contributed by atoms with Crippen LogP contribution in [-0.2, 0) is 6.54 Å². The van der Waals surface area contributed by atoms with Crippen LogP contribution in [0.4, 0.5) is 5.95 Å². The number of carbonyl (C=O) groups excluding carboxylic acids is 1. The smallest absolute Gasteiger partial charge is 0.255 e. The van der Waals surface area contributed by atoms with Gasteiger partial charge in [0.05, 0.1) is 4.88 Å². The summed E-state index contributed by atoms with van der Waals surface area (Å²) in [5, 5.41) is 9.64. The van der Waals surface area contributed by atoms with Gasteiger partial charge >= 0.3 is 0 Å². The van der Waals surface area contributed by atoms with Crippen LogP contribution in [0.2, 0.25) is 0 Å². The molecule has 0 fully saturated rings. The second-order valence-electron chi connectivity index (χ2n) is 6.54. The Kier molecular flexibility index (Phi) is 4.49. The van der Waals surface area contributed by atoms with Crippen LogP contribution in [0.5, 0.6) is 0 Å². The molecule has 0 aliphatic heterocycles. The lowest BCUT2D eigenvalue weighted by Crippen LogP contribution is -2.29. The van der Waals surface area contributed by atoms with Gasteiger partial charge in [0.2, 0.25) is 5.95 Å². The molecule has 0 unspecified atom stereocenters. The summed E-state index contributed by atoms with van der Waals surface area (Å²) >= 11 is 1.55. The van der Waals surface area contributed by atoms with Crippen molar-refractivity contribution in [3.63, 3.8) is 0 Å². The zero-order valence-electron chi connectivity index (χ0n) is 14.0. The summed E-state index contributed by atoms with van der Waals surface area (Å²) in [6, 6.07) is 13.9. The monoisotopic (exact) mass is 340 g/mol. The van der Waals surface area contributed by atoms with Crippen molar-refractivity contribution in [3.8, 4) is 10.7 Å². The van der Waals surface area contributed by atoms with Crippen molar-refractivity contribution < 1.29 is 4.79 Å². The van der Waals surface area contributed by atoms with Crippen molar-refractivity contribution in [1.82, 2.24) is 14.8 Å². The summed E-state index contributed by atoms with van der Waals surface area (Å²) in [5.74, 6) is 0.953. The predicted octanol–water partition coefficient (Wildman–Crippen LogP) is 4.31. The maximum Gasteiger partial charge on any atom is 0.255 e. The van der Waals surface area contributed by atoms with Crippen LogP contribution < -0.4 is 5.32 Å². The molecule has 24 heavy (non-hydrogen) atoms. The standard InChI is InChI=1S/C18H20N4OS/c1-18(2,3)16(23)22-17(19-12-13-8-5-4-6-9-13)20-15(21-22)14-10-7-11-24-14/h4-11H,12H2,1-3H3,(H,19,20,21). The zero-order chi connectivity index (χ0) is 17.2. The normalized spacial score (nSPS) is 11.5. The van der Waals surface area contributed by atoms with Gasteiger partial charge in [-0.3, -0.25) is 4.79 Å². The van der Waals surface area contributed by atoms with E-state index in [2.05, 4.69) is 15.4 Å². The lowest BCUT2D eigenvalue weighted by atomic mass is 9.96. The minimum absolute atomic E-state index is 0.0895. The van der Waals surface area contributed by atoms with Gasteiger partial charge in [0.1, 0.15) is 0 Å². The molecule has 1 aromatic carbocycles. The van der Waals surface area contributed by atoms with Gasteiger partial charge < -0.3 is 5.32 Å². The number of nitrogens with zero attached hydrogens (tertiary/aromatic N) is 3. The van der Waals surface area contributed by atoms with Gasteiger partial charge in [0.25, 0.3) is 5.91 Å². The first-order valence-electron chi connectivity index (χ1n) is 7.79. The van der Waals surface area contributed by atoms with Gasteiger partial charge in [0.15, 0.2) is 5.82 Å². The van der Waals surface area contributed by atoms with Gasteiger partial charge in [-0.2, -0.15) is 9.67 Å². The molecule has 0 aliphatic rings. The number of carbonyl (C=O) groups is 1. The number of nitrogens with one attached hydrogen (secondary N) is 1. The molecule has 3 aromatic rings. The highest BCUT2D eigenvalue weighted by Gasteiger charge is 2.27. The van der Waals surface area contributed by atoms with Crippen molar-refractivity contribution in [1.29, 1.82) is 0 Å². The third-order valence-electron chi connectivity index (χ3n) is 3.48. The van der Waals surface area contributed by atoms with Crippen molar-refractivity contribution in [2.24, 2.45) is 5.41 Å². The molecular formula is C18H20N4OS. The molecule has 5 nitrogen and oxygen atoms in total. The van der Waals surface area contributed by atoms with Crippen LogP contribution in [0, 0.1) is 5.41 Å². The molecule has 2 heterocycles. The maximum atomic E-state index is 12.7. The van der Waals surface area contributed by atoms with Crippen LogP contribution in [0.3, 0.4) is 0 Å². The van der Waals surface area contributed by atoms with E-state index in [-0.39, 0.29) is 5.91 Å². The van der Waals surface area contributed by atoms with Crippen LogP contribution in [0.25, 0.3) is 10.7 Å². The Morgan fingerprint density at radius 1 is 1.17 bits per heavy atom. The fraction of sp³-hybridized carbons (Fsp3) is 0.278. The average molecular weight is 340 g/mol. The number of hydrogen-bond donors (Lipinski definition) is 1. The predicted molar refractivity (Wildman–Crippen MR) is 97.2 cm³/mol. The van der Waals surface area contributed by atoms with E-state index in [1.165, 1.54) is 4.68 Å². The topological polar surface area (TPSA) is 59.8 Å². The van der Waals surface area contributed by atoms with Crippen molar-refractivity contribution in [3.05, 3.63) is 53.4 Å². The van der Waals surface area contributed by atoms with Crippen LogP contribution >= 0.6 is 11.3 Å². The largest absolute Gasteiger partial charge is 0.350 e. The van der Waals surface area contributed by atoms with E-state index in [9.17, 15) is 4.79 Å². The van der Waals surface area contributed by atoms with E-state index >= 15 is 0 Å². The van der Waals surface area contributed by atoms with Crippen LogP contribution in [0.1, 0.15) is 31.1 Å². The summed E-state index contributed by atoms with van der Waals surface area (Å²) in [6.45, 7) is 6.22. The first-order valence-corrected chi connectivity index (χ1v) is 8.66. The zero-order valence-corrected chi connectivity index (χ0v) is 14.8. The van der Waals surface area contributed by atoms with E-state index in [1.54, 1.807) is 11.3 Å². The number of anilines is 1. The maximum absolute atomic E-state index is 12.7. The number of aromatic nitrogens is 3. The lowest BCUT2D eigenvalue weighted by molar-refractivity contribution is 0.0752. The summed E-state index contributed by atoms with van der Waals surface area (Å²) in [6.07, 6.45) is 0. The molecule has 3 rings (SSSR count). The Bertz CT molecular complexity index is 817. The first-order chi connectivity index (χ1) is 11.4. The molecule has 0 atom stereocenters. The Labute approximate surface area is 145 Å². The van der Waals surface area contributed by atoms with Crippen molar-refractivity contribution in [2.45, 2.75) is 27.3 Å². The molecule has 0 spiro atoms. The van der Waals surface area contributed by atoms with E-state index in [1.807, 2.05) is 68.6 Å². The van der Waals surface area contributed by atoms with E-state index < -0.39 is 5.41 Å². The molecule has 0 aliphatic carbocycles. The summed E-state index contributed by atoms with van der Waals surface area (Å²) in [5.41, 5.74) is 0.580. The minimum Gasteiger partial charge on any atom is -0.350 e. The second kappa shape index (κ2) is 6.57. The van der Waals surface area contributed by atoms with Crippen LogP contribution in [-0.4, -0.2) is 20.7 Å². The highest BCUT2D eigenvalue weighted by Crippen LogP contribution is 2.25. The summed E-state index contributed by atoms with van der Waals surface area (Å²) in [7, 11) is 0. The van der Waals surface area contributed by atoms with Gasteiger partial charge in [-0.1, -0.05) is 57.2 Å². The first kappa shape index (κ1) is 16.4. The van der Waals surface area contributed by atoms with Gasteiger partial charge in [-0.05, 0) is 17.0 Å². The Hall–Kier alpha value is -2.47. The molecule has 0 bridgehead atoms. The molecule has 0 amide bonds. The Balaban J connectivity index is 1.92. The van der Waals surface area contributed by atoms with E-state index in [4.69, 9.17) is 0 Å². The van der Waals surface area contributed by atoms with Gasteiger partial charge in [-0.25, -0.2) is 0 Å². The van der Waals surface area contributed by atoms with Crippen molar-refractivity contribution in [2.75, 3.05) is 5.32 Å². The third-order valence-corrected chi connectivity index (χ3v) is 4.34. The molecule has 0 saturated heterocycles. The van der Waals surface area contributed by atoms with Crippen molar-refractivity contribution >= 4 is 23.2 Å². The van der Waals surface area contributed by atoms with Crippen LogP contribution in [0.15, 0.2) is 47.8 Å². The number of thiophene rings is 1. The molecule has 124 valence electrons. The third kappa shape index (κ3) is 3.54. The summed E-state index contributed by atoms with van der Waals surface area (Å²) in [4.78, 5) is 18.2. The molecule has 6 heteroatoms. The number of rotatable bonds is 4. The molecule has 0 radical (unpaired) electrons. The Morgan fingerprint density at radius 2 is 1.92 bits per heavy atom. The SMILES string of the molecule is CC(C)(C)C(=O)n1nc(-c2cccs2)nc1NCc1ccccc1. The quantitative estimate of drug-likeness (QED) is 0.769. The lowest BCUT2D eigenvalue weighted by Gasteiger charge is -2.17. The highest BCUT2D eigenvalue weighted by molar-refractivity contribution is 7.13. The Morgan fingerprint density at radius 3 is 2.54 bits per heavy atom. The van der Waals surface area contributed by atoms with Gasteiger partial charge in [0, 0.05) is 12.0 Å². The highest BCUT2D eigenvalue weighted by atomic mass is 32.1.